The van der Waals surface area contributed by atoms with Crippen molar-refractivity contribution < 1.29 is 54.4 Å². The van der Waals surface area contributed by atoms with Crippen LogP contribution in [-0.4, -0.2) is 165 Å². The highest BCUT2D eigenvalue weighted by molar-refractivity contribution is 5.90. The highest BCUT2D eigenvalue weighted by atomic mass is 16.7. The summed E-state index contributed by atoms with van der Waals surface area (Å²) in [6.07, 6.45) is -10.8. The lowest BCUT2D eigenvalue weighted by Gasteiger charge is -2.49. The highest BCUT2D eigenvalue weighted by Gasteiger charge is 2.61. The minimum Gasteiger partial charge on any atom is -0.394 e. The highest BCUT2D eigenvalue weighted by Crippen LogP contribution is 2.40. The first-order valence-corrected chi connectivity index (χ1v) is 16.4. The Hall–Kier alpha value is -1.86. The number of aliphatic imine (C=N–C) groups is 1. The summed E-state index contributed by atoms with van der Waals surface area (Å²) in [5, 5.41) is 70.2. The number of rotatable bonds is 12. The van der Waals surface area contributed by atoms with Gasteiger partial charge in [0.05, 0.1) is 43.0 Å². The molecule has 276 valence electrons. The second-order valence-corrected chi connectivity index (χ2v) is 13.8. The van der Waals surface area contributed by atoms with Crippen LogP contribution in [0.3, 0.4) is 0 Å². The van der Waals surface area contributed by atoms with Crippen LogP contribution in [0.1, 0.15) is 32.1 Å². The molecule has 5 fully saturated rings. The monoisotopic (exact) mass is 691 g/mol. The third-order valence-corrected chi connectivity index (χ3v) is 10.2. The summed E-state index contributed by atoms with van der Waals surface area (Å²) in [7, 11) is 0. The van der Waals surface area contributed by atoms with E-state index in [0.29, 0.717) is 12.5 Å². The SMILES string of the molecule is NC[C@H]1O[C@H](O[C@H]2[C@H](O)[C@@H](O[C@H]3O[C@H](CO)[C@@H](O)[C@H](N)[C@H]3O)[C@H](NC(=O)C3(O)CC3N=C(N)N)C[C@@H]2N)[C@H](NCC2CC(N)C2)C[C@@H]1O. The van der Waals surface area contributed by atoms with Gasteiger partial charge in [0.25, 0.3) is 5.91 Å². The van der Waals surface area contributed by atoms with E-state index in [1.54, 1.807) is 0 Å². The third-order valence-electron chi connectivity index (χ3n) is 10.2. The molecule has 0 bridgehead atoms. The van der Waals surface area contributed by atoms with Crippen molar-refractivity contribution in [2.45, 2.75) is 135 Å². The topological polar surface area (TPSA) is 368 Å². The van der Waals surface area contributed by atoms with Crippen molar-refractivity contribution in [3.8, 4) is 0 Å². The molecule has 0 aromatic carbocycles. The van der Waals surface area contributed by atoms with Gasteiger partial charge in [0.15, 0.2) is 24.1 Å². The summed E-state index contributed by atoms with van der Waals surface area (Å²) >= 11 is 0. The van der Waals surface area contributed by atoms with Crippen molar-refractivity contribution in [3.63, 3.8) is 0 Å². The van der Waals surface area contributed by atoms with Crippen molar-refractivity contribution in [1.82, 2.24) is 10.6 Å². The van der Waals surface area contributed by atoms with E-state index < -0.39 is 110 Å². The number of carbonyl (C=O) groups is 1. The molecule has 2 heterocycles. The maximum absolute atomic E-state index is 13.3. The Morgan fingerprint density at radius 2 is 1.56 bits per heavy atom. The predicted molar refractivity (Wildman–Crippen MR) is 166 cm³/mol. The molecule has 5 rings (SSSR count). The molecule has 1 amide bonds. The summed E-state index contributed by atoms with van der Waals surface area (Å²) in [4.78, 5) is 17.1. The molecule has 20 nitrogen and oxygen atoms in total. The zero-order valence-electron chi connectivity index (χ0n) is 26.6. The standard InChI is InChI=1S/C28H53N9O11/c29-6-15-14(39)4-13(35-7-9-1-10(30)2-9)24(45-15)47-22-11(31)3-12(36-26(43)28(44)5-17(28)37-27(33)34)23(21(22)42)48-25-20(41)18(32)19(40)16(8-38)46-25/h9-25,35,38-42,44H,1-8,29-32H2,(H,36,43)(H4,33,34,37)/t9?,10?,11-,12+,13+,14-,15+,16+,17?,18-,19+,20+,21-,22+,23-,24+,25+,28?/m0/s1. The zero-order chi connectivity index (χ0) is 35.1. The van der Waals surface area contributed by atoms with Crippen LogP contribution in [0.15, 0.2) is 4.99 Å². The van der Waals surface area contributed by atoms with E-state index in [1.165, 1.54) is 0 Å². The lowest BCUT2D eigenvalue weighted by atomic mass is 9.80. The molecular weight excluding hydrogens is 638 g/mol. The molecule has 2 unspecified atom stereocenters. The molecule has 20 heteroatoms. The maximum Gasteiger partial charge on any atom is 0.254 e. The number of hydrogen-bond donors (Lipinski definition) is 14. The second-order valence-electron chi connectivity index (χ2n) is 13.8. The smallest absolute Gasteiger partial charge is 0.254 e. The fourth-order valence-corrected chi connectivity index (χ4v) is 7.05. The molecular formula is C28H53N9O11. The lowest BCUT2D eigenvalue weighted by Crippen LogP contribution is -2.69. The minimum atomic E-state index is -1.93. The molecule has 2 aliphatic heterocycles. The minimum absolute atomic E-state index is 0.00311. The van der Waals surface area contributed by atoms with Crippen molar-refractivity contribution in [1.29, 1.82) is 0 Å². The van der Waals surface area contributed by atoms with Crippen LogP contribution < -0.4 is 45.0 Å². The second kappa shape index (κ2) is 15.2. The largest absolute Gasteiger partial charge is 0.394 e. The van der Waals surface area contributed by atoms with E-state index in [4.69, 9.17) is 53.3 Å². The van der Waals surface area contributed by atoms with Crippen LogP contribution in [0, 0.1) is 5.92 Å². The first kappa shape index (κ1) is 37.4. The molecule has 0 spiro atoms. The predicted octanol–water partition coefficient (Wildman–Crippen LogP) is -7.99. The van der Waals surface area contributed by atoms with Gasteiger partial charge in [-0.1, -0.05) is 0 Å². The molecule has 16 atom stereocenters. The number of nitrogens with one attached hydrogen (secondary N) is 2. The average Bonchev–Trinajstić information content (AvgIpc) is 3.68. The Labute approximate surface area is 277 Å². The molecule has 3 saturated carbocycles. The molecule has 5 aliphatic rings. The van der Waals surface area contributed by atoms with Crippen LogP contribution >= 0.6 is 0 Å². The van der Waals surface area contributed by atoms with Gasteiger partial charge in [-0.05, 0) is 38.1 Å². The molecule has 3 aliphatic carbocycles. The Bertz CT molecular complexity index is 1130. The van der Waals surface area contributed by atoms with Gasteiger partial charge < -0.3 is 94.6 Å². The van der Waals surface area contributed by atoms with Gasteiger partial charge >= 0.3 is 0 Å². The number of hydrogen-bond acceptors (Lipinski definition) is 17. The lowest BCUT2D eigenvalue weighted by molar-refractivity contribution is -0.316. The van der Waals surface area contributed by atoms with E-state index in [1.807, 2.05) is 0 Å². The van der Waals surface area contributed by atoms with Gasteiger partial charge in [-0.15, -0.1) is 0 Å². The molecule has 20 N–H and O–H groups in total. The summed E-state index contributed by atoms with van der Waals surface area (Å²) in [6, 6.07) is -4.56. The molecule has 0 radical (unpaired) electrons. The Balaban J connectivity index is 1.35. The first-order chi connectivity index (χ1) is 22.7. The maximum atomic E-state index is 13.3. The number of guanidine groups is 1. The van der Waals surface area contributed by atoms with Crippen LogP contribution in [0.2, 0.25) is 0 Å². The summed E-state index contributed by atoms with van der Waals surface area (Å²) in [5.41, 5.74) is 33.2. The number of aliphatic hydroxyl groups excluding tert-OH is 5. The number of ether oxygens (including phenoxy) is 4. The number of nitrogens with two attached hydrogens (primary N) is 6. The quantitative estimate of drug-likeness (QED) is 0.0667. The van der Waals surface area contributed by atoms with Crippen molar-refractivity contribution in [2.75, 3.05) is 19.7 Å². The normalized spacial score (nSPS) is 49.1. The van der Waals surface area contributed by atoms with Gasteiger partial charge in [-0.3, -0.25) is 4.79 Å². The van der Waals surface area contributed by atoms with Gasteiger partial charge in [-0.2, -0.15) is 0 Å². The summed E-state index contributed by atoms with van der Waals surface area (Å²) in [5.74, 6) is -0.813. The van der Waals surface area contributed by atoms with Crippen LogP contribution in [0.25, 0.3) is 0 Å². The number of carbonyl (C=O) groups excluding carboxylic acids is 1. The van der Waals surface area contributed by atoms with E-state index in [0.717, 1.165) is 12.8 Å². The van der Waals surface area contributed by atoms with E-state index >= 15 is 0 Å². The first-order valence-electron chi connectivity index (χ1n) is 16.4. The summed E-state index contributed by atoms with van der Waals surface area (Å²) in [6.45, 7) is -0.0539. The van der Waals surface area contributed by atoms with Gasteiger partial charge in [0.1, 0.15) is 36.6 Å². The number of nitrogens with zero attached hydrogens (tertiary/aromatic N) is 1. The van der Waals surface area contributed by atoms with Gasteiger partial charge in [-0.25, -0.2) is 4.99 Å². The van der Waals surface area contributed by atoms with E-state index in [9.17, 15) is 35.4 Å². The molecule has 0 aromatic heterocycles. The average molecular weight is 692 g/mol. The molecule has 2 saturated heterocycles. The van der Waals surface area contributed by atoms with Crippen molar-refractivity contribution in [3.05, 3.63) is 0 Å². The van der Waals surface area contributed by atoms with Crippen molar-refractivity contribution in [2.24, 2.45) is 45.3 Å². The van der Waals surface area contributed by atoms with Crippen LogP contribution in [0.4, 0.5) is 0 Å². The fraction of sp³-hybridized carbons (Fsp3) is 0.929. The van der Waals surface area contributed by atoms with Crippen LogP contribution in [-0.2, 0) is 23.7 Å². The Kier molecular flexibility index (Phi) is 11.8. The van der Waals surface area contributed by atoms with Gasteiger partial charge in [0, 0.05) is 25.0 Å². The van der Waals surface area contributed by atoms with Crippen molar-refractivity contribution >= 4 is 11.9 Å². The summed E-state index contributed by atoms with van der Waals surface area (Å²) < 4.78 is 24.0. The molecule has 0 aromatic rings. The fourth-order valence-electron chi connectivity index (χ4n) is 7.05. The zero-order valence-corrected chi connectivity index (χ0v) is 26.6. The molecule has 48 heavy (non-hydrogen) atoms. The van der Waals surface area contributed by atoms with E-state index in [2.05, 4.69) is 15.6 Å². The van der Waals surface area contributed by atoms with E-state index in [-0.39, 0.29) is 37.8 Å². The van der Waals surface area contributed by atoms with Crippen LogP contribution in [0.5, 0.6) is 0 Å². The number of amides is 1. The van der Waals surface area contributed by atoms with Gasteiger partial charge in [0.2, 0.25) is 0 Å². The number of aliphatic hydroxyl groups is 6. The third kappa shape index (κ3) is 7.87. The Morgan fingerprint density at radius 3 is 2.19 bits per heavy atom. The Morgan fingerprint density at radius 1 is 0.896 bits per heavy atom.